The van der Waals surface area contributed by atoms with Crippen molar-refractivity contribution < 1.29 is 5.11 Å². The zero-order valence-corrected chi connectivity index (χ0v) is 18.9. The molecule has 1 aliphatic heterocycles. The zero-order chi connectivity index (χ0) is 19.9. The number of nitrogens with zero attached hydrogens (tertiary/aromatic N) is 1. The minimum absolute atomic E-state index is 0.300. The highest BCUT2D eigenvalue weighted by Gasteiger charge is 2.28. The number of β-amino-alcohol motifs (C(OH)–C–C–N with tert-alkyl or cyclic N) is 1. The number of aliphatic hydroxyl groups excluding tert-OH is 1. The highest BCUT2D eigenvalue weighted by Crippen LogP contribution is 2.36. The van der Waals surface area contributed by atoms with Gasteiger partial charge in [-0.2, -0.15) is 0 Å². The lowest BCUT2D eigenvalue weighted by molar-refractivity contribution is 0.111. The monoisotopic (exact) mass is 380 g/mol. The van der Waals surface area contributed by atoms with Gasteiger partial charge in [0.15, 0.2) is 0 Å². The van der Waals surface area contributed by atoms with Crippen LogP contribution in [0.1, 0.15) is 104 Å². The van der Waals surface area contributed by atoms with Crippen LogP contribution in [-0.4, -0.2) is 36.2 Å². The molecule has 27 heavy (non-hydrogen) atoms. The maximum absolute atomic E-state index is 9.16. The van der Waals surface area contributed by atoms with Crippen molar-refractivity contribution in [2.75, 3.05) is 26.2 Å². The summed E-state index contributed by atoms with van der Waals surface area (Å²) in [5.41, 5.74) is 0. The first kappa shape index (κ1) is 25.0. The Balaban J connectivity index is 2.42. The molecule has 0 aromatic carbocycles. The highest BCUT2D eigenvalue weighted by molar-refractivity contribution is 4.84. The molecule has 1 N–H and O–H groups in total. The number of hydrogen-bond donors (Lipinski definition) is 1. The molecule has 1 rings (SSSR count). The fraction of sp³-hybridized carbons (Fsp3) is 0.960. The van der Waals surface area contributed by atoms with Crippen molar-refractivity contribution in [1.29, 1.82) is 0 Å². The van der Waals surface area contributed by atoms with E-state index in [1.807, 2.05) is 0 Å². The molecule has 0 bridgehead atoms. The van der Waals surface area contributed by atoms with Gasteiger partial charge in [-0.25, -0.2) is 0 Å². The van der Waals surface area contributed by atoms with E-state index in [0.29, 0.717) is 12.5 Å². The SMILES string of the molecule is [CH2]C(C(CCCCC)CCC(C)CCCCCC)C1CCN(CCO)CC1. The van der Waals surface area contributed by atoms with Crippen molar-refractivity contribution >= 4 is 0 Å². The number of aliphatic hydroxyl groups is 1. The van der Waals surface area contributed by atoms with E-state index in [1.54, 1.807) is 0 Å². The van der Waals surface area contributed by atoms with Crippen LogP contribution in [0.25, 0.3) is 0 Å². The molecule has 1 aliphatic rings. The van der Waals surface area contributed by atoms with Gasteiger partial charge in [0.25, 0.3) is 0 Å². The van der Waals surface area contributed by atoms with Crippen LogP contribution >= 0.6 is 0 Å². The Kier molecular flexibility index (Phi) is 14.6. The largest absolute Gasteiger partial charge is 0.395 e. The van der Waals surface area contributed by atoms with E-state index in [1.165, 1.54) is 83.5 Å². The molecule has 0 amide bonds. The van der Waals surface area contributed by atoms with Gasteiger partial charge in [-0.1, -0.05) is 85.0 Å². The summed E-state index contributed by atoms with van der Waals surface area (Å²) in [5, 5.41) is 9.16. The molecule has 1 radical (unpaired) electrons. The van der Waals surface area contributed by atoms with Gasteiger partial charge >= 0.3 is 0 Å². The van der Waals surface area contributed by atoms with Crippen molar-refractivity contribution in [3.63, 3.8) is 0 Å². The van der Waals surface area contributed by atoms with E-state index >= 15 is 0 Å². The highest BCUT2D eigenvalue weighted by atomic mass is 16.3. The van der Waals surface area contributed by atoms with Crippen LogP contribution in [0.4, 0.5) is 0 Å². The molecular weight excluding hydrogens is 330 g/mol. The first-order valence-electron chi connectivity index (χ1n) is 12.3. The van der Waals surface area contributed by atoms with E-state index in [2.05, 4.69) is 25.7 Å². The third-order valence-corrected chi connectivity index (χ3v) is 7.02. The molecule has 2 nitrogen and oxygen atoms in total. The van der Waals surface area contributed by atoms with Gasteiger partial charge in [0.05, 0.1) is 6.61 Å². The van der Waals surface area contributed by atoms with Crippen molar-refractivity contribution in [2.45, 2.75) is 104 Å². The molecule has 3 atom stereocenters. The summed E-state index contributed by atoms with van der Waals surface area (Å²) in [6.45, 7) is 15.3. The normalized spacial score (nSPS) is 19.9. The molecule has 0 spiro atoms. The number of rotatable bonds is 16. The van der Waals surface area contributed by atoms with Gasteiger partial charge < -0.3 is 10.0 Å². The van der Waals surface area contributed by atoms with Crippen molar-refractivity contribution in [1.82, 2.24) is 4.90 Å². The quantitative estimate of drug-likeness (QED) is 0.300. The minimum Gasteiger partial charge on any atom is -0.395 e. The molecule has 161 valence electrons. The predicted molar refractivity (Wildman–Crippen MR) is 120 cm³/mol. The van der Waals surface area contributed by atoms with Crippen LogP contribution in [0.5, 0.6) is 0 Å². The van der Waals surface area contributed by atoms with Crippen molar-refractivity contribution in [3.05, 3.63) is 6.92 Å². The predicted octanol–water partition coefficient (Wildman–Crippen LogP) is 6.72. The number of likely N-dealkylation sites (tertiary alicyclic amines) is 1. The number of piperidine rings is 1. The first-order valence-corrected chi connectivity index (χ1v) is 12.3. The zero-order valence-electron chi connectivity index (χ0n) is 18.9. The molecule has 1 fully saturated rings. The van der Waals surface area contributed by atoms with Crippen LogP contribution in [0.3, 0.4) is 0 Å². The van der Waals surface area contributed by atoms with Crippen LogP contribution < -0.4 is 0 Å². The van der Waals surface area contributed by atoms with Gasteiger partial charge in [0.1, 0.15) is 0 Å². The Morgan fingerprint density at radius 1 is 0.889 bits per heavy atom. The second-order valence-corrected chi connectivity index (χ2v) is 9.35. The van der Waals surface area contributed by atoms with Crippen LogP contribution in [0, 0.1) is 30.6 Å². The van der Waals surface area contributed by atoms with E-state index in [0.717, 1.165) is 37.4 Å². The van der Waals surface area contributed by atoms with Crippen molar-refractivity contribution in [3.8, 4) is 0 Å². The van der Waals surface area contributed by atoms with Crippen LogP contribution in [-0.2, 0) is 0 Å². The van der Waals surface area contributed by atoms with Crippen molar-refractivity contribution in [2.24, 2.45) is 23.7 Å². The summed E-state index contributed by atoms with van der Waals surface area (Å²) in [5.74, 6) is 3.13. The average Bonchev–Trinajstić information content (AvgIpc) is 2.68. The molecule has 2 heteroatoms. The average molecular weight is 381 g/mol. The summed E-state index contributed by atoms with van der Waals surface area (Å²) >= 11 is 0. The third kappa shape index (κ3) is 10.9. The maximum Gasteiger partial charge on any atom is 0.0558 e. The summed E-state index contributed by atoms with van der Waals surface area (Å²) in [7, 11) is 0. The topological polar surface area (TPSA) is 23.5 Å². The molecule has 0 aliphatic carbocycles. The Morgan fingerprint density at radius 2 is 1.52 bits per heavy atom. The summed E-state index contributed by atoms with van der Waals surface area (Å²) in [4.78, 5) is 2.42. The second kappa shape index (κ2) is 15.8. The number of unbranched alkanes of at least 4 members (excludes halogenated alkanes) is 5. The first-order chi connectivity index (χ1) is 13.1. The second-order valence-electron chi connectivity index (χ2n) is 9.35. The van der Waals surface area contributed by atoms with E-state index in [-0.39, 0.29) is 0 Å². The number of hydrogen-bond acceptors (Lipinski definition) is 2. The molecule has 3 unspecified atom stereocenters. The summed E-state index contributed by atoms with van der Waals surface area (Å²) in [6.07, 6.45) is 17.9. The van der Waals surface area contributed by atoms with E-state index in [4.69, 9.17) is 12.0 Å². The smallest absolute Gasteiger partial charge is 0.0558 e. The van der Waals surface area contributed by atoms with Gasteiger partial charge in [0.2, 0.25) is 0 Å². The molecule has 1 saturated heterocycles. The summed E-state index contributed by atoms with van der Waals surface area (Å²) in [6, 6.07) is 0. The van der Waals surface area contributed by atoms with Crippen LogP contribution in [0.2, 0.25) is 0 Å². The fourth-order valence-corrected chi connectivity index (χ4v) is 4.92. The maximum atomic E-state index is 9.16. The Labute approximate surface area is 171 Å². The van der Waals surface area contributed by atoms with Gasteiger partial charge in [-0.3, -0.25) is 0 Å². The molecule has 0 aromatic heterocycles. The lowest BCUT2D eigenvalue weighted by atomic mass is 9.73. The minimum atomic E-state index is 0.300. The molecular formula is C25H50NO. The Hall–Kier alpha value is -0.0800. The fourth-order valence-electron chi connectivity index (χ4n) is 4.92. The van der Waals surface area contributed by atoms with Gasteiger partial charge in [-0.05, 0) is 62.9 Å². The Bertz CT molecular complexity index is 324. The van der Waals surface area contributed by atoms with E-state index < -0.39 is 0 Å². The summed E-state index contributed by atoms with van der Waals surface area (Å²) < 4.78 is 0. The lowest BCUT2D eigenvalue weighted by Crippen LogP contribution is -2.38. The lowest BCUT2D eigenvalue weighted by Gasteiger charge is -2.38. The van der Waals surface area contributed by atoms with E-state index in [9.17, 15) is 0 Å². The van der Waals surface area contributed by atoms with Gasteiger partial charge in [0, 0.05) is 6.54 Å². The molecule has 0 aromatic rings. The molecule has 1 heterocycles. The third-order valence-electron chi connectivity index (χ3n) is 7.02. The van der Waals surface area contributed by atoms with Crippen LogP contribution in [0.15, 0.2) is 0 Å². The molecule has 0 saturated carbocycles. The standard InChI is InChI=1S/C25H50NO/c1-5-7-9-11-12-22(3)14-15-24(13-10-8-6-2)23(4)25-16-18-26(19-17-25)20-21-27/h22-25,27H,4-21H2,1-3H3. The Morgan fingerprint density at radius 3 is 2.15 bits per heavy atom. The van der Waals surface area contributed by atoms with Gasteiger partial charge in [-0.15, -0.1) is 0 Å².